The fourth-order valence-electron chi connectivity index (χ4n) is 3.55. The molecule has 0 radical (unpaired) electrons. The Morgan fingerprint density at radius 2 is 1.89 bits per heavy atom. The van der Waals surface area contributed by atoms with Crippen LogP contribution in [0, 0.1) is 12.8 Å². The summed E-state index contributed by atoms with van der Waals surface area (Å²) < 4.78 is 0. The average Bonchev–Trinajstić information content (AvgIpc) is 3.21. The van der Waals surface area contributed by atoms with Gasteiger partial charge in [0.2, 0.25) is 5.91 Å². The van der Waals surface area contributed by atoms with Crippen LogP contribution in [0.1, 0.15) is 55.1 Å². The van der Waals surface area contributed by atoms with E-state index in [9.17, 15) is 9.59 Å². The Morgan fingerprint density at radius 3 is 2.57 bits per heavy atom. The average molecular weight is 383 g/mol. The topological polar surface area (TPSA) is 78.1 Å². The Bertz CT molecular complexity index is 789. The number of carbonyl (C=O) groups excluding carboxylic acids is 2. The molecule has 0 atom stereocenters. The molecule has 2 N–H and O–H groups in total. The van der Waals surface area contributed by atoms with Gasteiger partial charge in [0.15, 0.2) is 0 Å². The van der Waals surface area contributed by atoms with Crippen LogP contribution < -0.4 is 5.32 Å². The molecule has 1 aliphatic rings. The van der Waals surface area contributed by atoms with Crippen LogP contribution in [0.3, 0.4) is 0 Å². The molecular weight excluding hydrogens is 352 g/mol. The van der Waals surface area contributed by atoms with Crippen molar-refractivity contribution in [3.63, 3.8) is 0 Å². The molecule has 1 aliphatic heterocycles. The van der Waals surface area contributed by atoms with Crippen molar-refractivity contribution in [2.24, 2.45) is 5.92 Å². The number of nitrogens with zero attached hydrogens (tertiary/aromatic N) is 2. The van der Waals surface area contributed by atoms with E-state index in [2.05, 4.69) is 22.4 Å². The summed E-state index contributed by atoms with van der Waals surface area (Å²) in [6.45, 7) is 6.15. The molecule has 3 rings (SSSR count). The summed E-state index contributed by atoms with van der Waals surface area (Å²) in [4.78, 5) is 26.8. The highest BCUT2D eigenvalue weighted by Gasteiger charge is 2.28. The number of aromatic amines is 1. The number of carbonyl (C=O) groups is 2. The van der Waals surface area contributed by atoms with Gasteiger partial charge in [0, 0.05) is 31.1 Å². The van der Waals surface area contributed by atoms with E-state index in [1.54, 1.807) is 6.07 Å². The molecule has 2 aromatic rings. The molecule has 0 unspecified atom stereocenters. The molecule has 28 heavy (non-hydrogen) atoms. The van der Waals surface area contributed by atoms with Gasteiger partial charge in [0.05, 0.1) is 5.69 Å². The first-order chi connectivity index (χ1) is 13.6. The standard InChI is InChI=1S/C22H30N4O2/c1-3-4-5-12-23-21(27)18-10-13-26(14-11-18)22(28)20-15-19(24-25-20)17-8-6-16(2)7-9-17/h6-9,15,18H,3-5,10-14H2,1-2H3,(H,23,27)(H,24,25). The minimum Gasteiger partial charge on any atom is -0.356 e. The van der Waals surface area contributed by atoms with E-state index in [-0.39, 0.29) is 17.7 Å². The van der Waals surface area contributed by atoms with Crippen LogP contribution >= 0.6 is 0 Å². The smallest absolute Gasteiger partial charge is 0.271 e. The van der Waals surface area contributed by atoms with Gasteiger partial charge in [-0.3, -0.25) is 14.7 Å². The summed E-state index contributed by atoms with van der Waals surface area (Å²) in [5.74, 6) is 0.0922. The van der Waals surface area contributed by atoms with Crippen molar-refractivity contribution in [3.8, 4) is 11.3 Å². The summed E-state index contributed by atoms with van der Waals surface area (Å²) in [7, 11) is 0. The van der Waals surface area contributed by atoms with Crippen molar-refractivity contribution in [1.82, 2.24) is 20.4 Å². The van der Waals surface area contributed by atoms with Crippen LogP contribution in [0.15, 0.2) is 30.3 Å². The number of unbranched alkanes of at least 4 members (excludes halogenated alkanes) is 2. The number of aryl methyl sites for hydroxylation is 1. The van der Waals surface area contributed by atoms with Crippen molar-refractivity contribution < 1.29 is 9.59 Å². The molecule has 1 saturated heterocycles. The van der Waals surface area contributed by atoms with Gasteiger partial charge in [0.25, 0.3) is 5.91 Å². The normalized spacial score (nSPS) is 14.9. The number of aromatic nitrogens is 2. The number of piperidine rings is 1. The second kappa shape index (κ2) is 9.53. The number of H-pyrrole nitrogens is 1. The number of hydrogen-bond donors (Lipinski definition) is 2. The Hall–Kier alpha value is -2.63. The van der Waals surface area contributed by atoms with Crippen molar-refractivity contribution in [2.45, 2.75) is 46.0 Å². The van der Waals surface area contributed by atoms with E-state index in [4.69, 9.17) is 0 Å². The van der Waals surface area contributed by atoms with Crippen molar-refractivity contribution in [2.75, 3.05) is 19.6 Å². The SMILES string of the molecule is CCCCCNC(=O)C1CCN(C(=O)c2cc(-c3ccc(C)cc3)n[nH]2)CC1. The molecule has 6 nitrogen and oxygen atoms in total. The summed E-state index contributed by atoms with van der Waals surface area (Å²) in [5, 5.41) is 10.2. The highest BCUT2D eigenvalue weighted by Crippen LogP contribution is 2.22. The fraction of sp³-hybridized carbons (Fsp3) is 0.500. The fourth-order valence-corrected chi connectivity index (χ4v) is 3.55. The summed E-state index contributed by atoms with van der Waals surface area (Å²) >= 11 is 0. The lowest BCUT2D eigenvalue weighted by atomic mass is 9.95. The lowest BCUT2D eigenvalue weighted by molar-refractivity contribution is -0.126. The highest BCUT2D eigenvalue weighted by molar-refractivity contribution is 5.93. The van der Waals surface area contributed by atoms with Crippen LogP contribution in [0.5, 0.6) is 0 Å². The van der Waals surface area contributed by atoms with Gasteiger partial charge in [0.1, 0.15) is 5.69 Å². The first-order valence-electron chi connectivity index (χ1n) is 10.3. The molecule has 0 bridgehead atoms. The lowest BCUT2D eigenvalue weighted by Gasteiger charge is -2.31. The monoisotopic (exact) mass is 382 g/mol. The predicted octanol–water partition coefficient (Wildman–Crippen LogP) is 3.54. The third kappa shape index (κ3) is 5.00. The number of nitrogens with one attached hydrogen (secondary N) is 2. The van der Waals surface area contributed by atoms with E-state index < -0.39 is 0 Å². The highest BCUT2D eigenvalue weighted by atomic mass is 16.2. The molecular formula is C22H30N4O2. The number of hydrogen-bond acceptors (Lipinski definition) is 3. The maximum atomic E-state index is 12.8. The van der Waals surface area contributed by atoms with Crippen LogP contribution in [0.2, 0.25) is 0 Å². The summed E-state index contributed by atoms with van der Waals surface area (Å²) in [6.07, 6.45) is 4.74. The first-order valence-corrected chi connectivity index (χ1v) is 10.3. The predicted molar refractivity (Wildman–Crippen MR) is 110 cm³/mol. The minimum atomic E-state index is -0.0485. The maximum absolute atomic E-state index is 12.8. The van der Waals surface area contributed by atoms with Gasteiger partial charge in [-0.05, 0) is 32.3 Å². The van der Waals surface area contributed by atoms with E-state index in [1.807, 2.05) is 36.1 Å². The summed E-state index contributed by atoms with van der Waals surface area (Å²) in [6, 6.07) is 9.88. The molecule has 6 heteroatoms. The van der Waals surface area contributed by atoms with E-state index in [0.717, 1.165) is 37.1 Å². The van der Waals surface area contributed by atoms with E-state index >= 15 is 0 Å². The zero-order chi connectivity index (χ0) is 19.9. The van der Waals surface area contributed by atoms with Crippen molar-refractivity contribution in [1.29, 1.82) is 0 Å². The molecule has 0 spiro atoms. The van der Waals surface area contributed by atoms with Crippen molar-refractivity contribution >= 4 is 11.8 Å². The van der Waals surface area contributed by atoms with E-state index in [1.165, 1.54) is 5.56 Å². The Balaban J connectivity index is 1.51. The number of likely N-dealkylation sites (tertiary alicyclic amines) is 1. The third-order valence-corrected chi connectivity index (χ3v) is 5.39. The molecule has 2 heterocycles. The maximum Gasteiger partial charge on any atom is 0.271 e. The van der Waals surface area contributed by atoms with Crippen molar-refractivity contribution in [3.05, 3.63) is 41.6 Å². The van der Waals surface area contributed by atoms with Gasteiger partial charge in [-0.1, -0.05) is 49.6 Å². The Kier molecular flexibility index (Phi) is 6.85. The zero-order valence-electron chi connectivity index (χ0n) is 16.8. The van der Waals surface area contributed by atoms with Gasteiger partial charge in [-0.15, -0.1) is 0 Å². The lowest BCUT2D eigenvalue weighted by Crippen LogP contribution is -2.43. The largest absolute Gasteiger partial charge is 0.356 e. The second-order valence-electron chi connectivity index (χ2n) is 7.60. The Morgan fingerprint density at radius 1 is 1.18 bits per heavy atom. The number of amides is 2. The minimum absolute atomic E-state index is 0.00978. The quantitative estimate of drug-likeness (QED) is 0.719. The van der Waals surface area contributed by atoms with Crippen LogP contribution in [0.25, 0.3) is 11.3 Å². The van der Waals surface area contributed by atoms with Gasteiger partial charge in [-0.2, -0.15) is 5.10 Å². The van der Waals surface area contributed by atoms with Gasteiger partial charge in [-0.25, -0.2) is 0 Å². The summed E-state index contributed by atoms with van der Waals surface area (Å²) in [5.41, 5.74) is 3.44. The van der Waals surface area contributed by atoms with Crippen LogP contribution in [0.4, 0.5) is 0 Å². The molecule has 1 fully saturated rings. The first kappa shape index (κ1) is 20.1. The number of rotatable bonds is 7. The molecule has 0 saturated carbocycles. The molecule has 150 valence electrons. The molecule has 1 aromatic heterocycles. The molecule has 0 aliphatic carbocycles. The van der Waals surface area contributed by atoms with Gasteiger partial charge < -0.3 is 10.2 Å². The second-order valence-corrected chi connectivity index (χ2v) is 7.60. The van der Waals surface area contributed by atoms with Gasteiger partial charge >= 0.3 is 0 Å². The van der Waals surface area contributed by atoms with E-state index in [0.29, 0.717) is 31.6 Å². The zero-order valence-corrected chi connectivity index (χ0v) is 16.8. The molecule has 1 aromatic carbocycles. The Labute approximate surface area is 166 Å². The molecule has 2 amide bonds. The number of benzene rings is 1. The van der Waals surface area contributed by atoms with Crippen LogP contribution in [-0.4, -0.2) is 46.5 Å². The third-order valence-electron chi connectivity index (χ3n) is 5.39. The van der Waals surface area contributed by atoms with Crippen LogP contribution in [-0.2, 0) is 4.79 Å².